The third-order valence-electron chi connectivity index (χ3n) is 7.04. The van der Waals surface area contributed by atoms with Crippen LogP contribution in [0.15, 0.2) is 146 Å². The Morgan fingerprint density at radius 1 is 0.450 bits per heavy atom. The number of para-hydroxylation sites is 1. The van der Waals surface area contributed by atoms with Gasteiger partial charge in [-0.25, -0.2) is 0 Å². The summed E-state index contributed by atoms with van der Waals surface area (Å²) in [6.07, 6.45) is 3.97. The lowest BCUT2D eigenvalue weighted by molar-refractivity contribution is -0.00000853. The molecular weight excluding hydrogens is 575 g/mol. The van der Waals surface area contributed by atoms with Gasteiger partial charge in [0.05, 0.1) is 19.4 Å². The molecule has 0 aliphatic carbocycles. The highest BCUT2D eigenvalue weighted by molar-refractivity contribution is 7.95. The van der Waals surface area contributed by atoms with Gasteiger partial charge >= 0.3 is 0 Å². The minimum absolute atomic E-state index is 0. The number of halogens is 1. The van der Waals surface area contributed by atoms with E-state index in [1.54, 1.807) is 0 Å². The molecule has 0 saturated heterocycles. The van der Waals surface area contributed by atoms with Crippen molar-refractivity contribution in [3.05, 3.63) is 151 Å². The first kappa shape index (κ1) is 29.6. The first-order valence-corrected chi connectivity index (χ1v) is 15.8. The number of benzene rings is 5. The van der Waals surface area contributed by atoms with Crippen LogP contribution >= 0.6 is 7.26 Å². The fourth-order valence-corrected chi connectivity index (χ4v) is 9.38. The molecule has 0 bridgehead atoms. The lowest BCUT2D eigenvalue weighted by atomic mass is 10.2. The number of aryl methyl sites for hydroxylation is 1. The van der Waals surface area contributed by atoms with E-state index >= 15 is 0 Å². The van der Waals surface area contributed by atoms with Gasteiger partial charge in [-0.05, 0) is 79.1 Å². The molecule has 0 N–H and O–H groups in total. The molecule has 0 spiro atoms. The summed E-state index contributed by atoms with van der Waals surface area (Å²) in [7, 11) is -1.85. The number of unbranched alkanes of at least 4 members (excludes halogenated alkanes) is 1. The highest BCUT2D eigenvalue weighted by Crippen LogP contribution is 2.55. The van der Waals surface area contributed by atoms with Crippen LogP contribution in [0.5, 0.6) is 11.5 Å². The third kappa shape index (κ3) is 7.62. The van der Waals surface area contributed by atoms with E-state index in [4.69, 9.17) is 9.47 Å². The summed E-state index contributed by atoms with van der Waals surface area (Å²) in [6.45, 7) is 1.40. The minimum atomic E-state index is -1.85. The smallest absolute Gasteiger partial charge is 0.119 e. The highest BCUT2D eigenvalue weighted by Gasteiger charge is 2.44. The summed E-state index contributed by atoms with van der Waals surface area (Å²) < 4.78 is 11.9. The normalized spacial score (nSPS) is 10.9. The zero-order valence-electron chi connectivity index (χ0n) is 22.7. The molecule has 0 aromatic heterocycles. The Morgan fingerprint density at radius 3 is 1.38 bits per heavy atom. The van der Waals surface area contributed by atoms with Crippen molar-refractivity contribution in [2.24, 2.45) is 0 Å². The lowest BCUT2D eigenvalue weighted by Gasteiger charge is -2.27. The number of hydrogen-bond acceptors (Lipinski definition) is 2. The molecule has 5 rings (SSSR count). The molecule has 0 aliphatic heterocycles. The zero-order chi connectivity index (χ0) is 26.6. The molecule has 2 nitrogen and oxygen atoms in total. The van der Waals surface area contributed by atoms with E-state index in [1.807, 2.05) is 30.3 Å². The predicted molar refractivity (Wildman–Crippen MR) is 167 cm³/mol. The molecule has 5 aromatic rings. The van der Waals surface area contributed by atoms with Gasteiger partial charge in [0.15, 0.2) is 0 Å². The van der Waals surface area contributed by atoms with Crippen LogP contribution in [-0.2, 0) is 6.42 Å². The predicted octanol–water partition coefficient (Wildman–Crippen LogP) is 4.47. The van der Waals surface area contributed by atoms with Gasteiger partial charge in [-0.1, -0.05) is 84.9 Å². The van der Waals surface area contributed by atoms with Crippen molar-refractivity contribution < 1.29 is 26.5 Å². The standard InChI is InChI=1S/C36H36O2P.BrH/c1-5-17-32(18-6-1)37-27-13-14-28-38-33-19-15-16-31(30-33)26-29-39(34-20-7-2-8-21-34,35-22-9-3-10-23-35)36-24-11-4-12-25-36;/h1-12,15-25,30H,13-14,26-29H2;1H/q+1;/p-1. The Kier molecular flexibility index (Phi) is 11.4. The van der Waals surface area contributed by atoms with Crippen LogP contribution in [-0.4, -0.2) is 19.4 Å². The van der Waals surface area contributed by atoms with Crippen molar-refractivity contribution in [2.45, 2.75) is 19.3 Å². The fraction of sp³-hybridized carbons (Fsp3) is 0.167. The van der Waals surface area contributed by atoms with Gasteiger partial charge in [0.2, 0.25) is 0 Å². The van der Waals surface area contributed by atoms with Crippen molar-refractivity contribution >= 4 is 23.2 Å². The van der Waals surface area contributed by atoms with E-state index in [-0.39, 0.29) is 17.0 Å². The van der Waals surface area contributed by atoms with E-state index in [0.29, 0.717) is 13.2 Å². The molecule has 0 unspecified atom stereocenters. The second kappa shape index (κ2) is 15.4. The van der Waals surface area contributed by atoms with E-state index < -0.39 is 7.26 Å². The molecule has 0 fully saturated rings. The van der Waals surface area contributed by atoms with Gasteiger partial charge in [-0.15, -0.1) is 0 Å². The summed E-state index contributed by atoms with van der Waals surface area (Å²) >= 11 is 0. The Bertz CT molecular complexity index is 1300. The lowest BCUT2D eigenvalue weighted by Crippen LogP contribution is -3.00. The largest absolute Gasteiger partial charge is 1.00 e. The molecule has 204 valence electrons. The van der Waals surface area contributed by atoms with E-state index in [1.165, 1.54) is 21.5 Å². The second-order valence-corrected chi connectivity index (χ2v) is 13.3. The molecule has 0 amide bonds. The molecule has 5 aromatic carbocycles. The van der Waals surface area contributed by atoms with Gasteiger partial charge < -0.3 is 26.5 Å². The van der Waals surface area contributed by atoms with Crippen LogP contribution in [0.25, 0.3) is 0 Å². The van der Waals surface area contributed by atoms with Crippen LogP contribution in [0.3, 0.4) is 0 Å². The molecule has 0 heterocycles. The summed E-state index contributed by atoms with van der Waals surface area (Å²) in [5, 5.41) is 4.27. The SMILES string of the molecule is [Br-].c1ccc(OCCCCOc2cccc(CC[P+](c3ccccc3)(c3ccccc3)c3ccccc3)c2)cc1. The molecule has 0 aliphatic rings. The summed E-state index contributed by atoms with van der Waals surface area (Å²) in [4.78, 5) is 0. The van der Waals surface area contributed by atoms with E-state index in [2.05, 4.69) is 115 Å². The average Bonchev–Trinajstić information content (AvgIpc) is 3.02. The summed E-state index contributed by atoms with van der Waals surface area (Å²) in [5.41, 5.74) is 1.31. The first-order valence-electron chi connectivity index (χ1n) is 13.8. The Hall–Kier alpha value is -3.39. The fourth-order valence-electron chi connectivity index (χ4n) is 5.07. The summed E-state index contributed by atoms with van der Waals surface area (Å²) in [6, 6.07) is 51.9. The molecule has 0 atom stereocenters. The van der Waals surface area contributed by atoms with Crippen LogP contribution in [0.2, 0.25) is 0 Å². The van der Waals surface area contributed by atoms with Crippen molar-refractivity contribution in [3.63, 3.8) is 0 Å². The molecule has 40 heavy (non-hydrogen) atoms. The number of rotatable bonds is 13. The van der Waals surface area contributed by atoms with Crippen LogP contribution in [0, 0.1) is 0 Å². The Labute approximate surface area is 250 Å². The maximum Gasteiger partial charge on any atom is 0.119 e. The average molecular weight is 612 g/mol. The van der Waals surface area contributed by atoms with E-state index in [9.17, 15) is 0 Å². The first-order chi connectivity index (χ1) is 19.3. The van der Waals surface area contributed by atoms with Gasteiger partial charge in [-0.2, -0.15) is 0 Å². The van der Waals surface area contributed by atoms with Gasteiger partial charge in [0, 0.05) is 6.42 Å². The van der Waals surface area contributed by atoms with Gasteiger partial charge in [0.1, 0.15) is 34.7 Å². The van der Waals surface area contributed by atoms with E-state index in [0.717, 1.165) is 36.9 Å². The van der Waals surface area contributed by atoms with Crippen LogP contribution < -0.4 is 42.4 Å². The minimum Gasteiger partial charge on any atom is -1.00 e. The van der Waals surface area contributed by atoms with Crippen molar-refractivity contribution in [1.82, 2.24) is 0 Å². The zero-order valence-corrected chi connectivity index (χ0v) is 25.2. The maximum atomic E-state index is 6.14. The molecule has 0 saturated carbocycles. The second-order valence-electron chi connectivity index (χ2n) is 9.65. The topological polar surface area (TPSA) is 18.5 Å². The molecule has 4 heteroatoms. The maximum absolute atomic E-state index is 6.14. The number of hydrogen-bond donors (Lipinski definition) is 0. The van der Waals surface area contributed by atoms with Crippen molar-refractivity contribution in [3.8, 4) is 11.5 Å². The highest BCUT2D eigenvalue weighted by atomic mass is 79.9. The number of ether oxygens (including phenoxy) is 2. The summed E-state index contributed by atoms with van der Waals surface area (Å²) in [5.74, 6) is 1.87. The van der Waals surface area contributed by atoms with Crippen molar-refractivity contribution in [1.29, 1.82) is 0 Å². The Morgan fingerprint density at radius 2 is 0.875 bits per heavy atom. The molecular formula is C36H36BrO2P. The monoisotopic (exact) mass is 610 g/mol. The van der Waals surface area contributed by atoms with Crippen LogP contribution in [0.4, 0.5) is 0 Å². The Balaban J connectivity index is 0.00000370. The van der Waals surface area contributed by atoms with Crippen LogP contribution in [0.1, 0.15) is 18.4 Å². The van der Waals surface area contributed by atoms with Gasteiger partial charge in [-0.3, -0.25) is 0 Å². The third-order valence-corrected chi connectivity index (χ3v) is 11.5. The van der Waals surface area contributed by atoms with Gasteiger partial charge in [0.25, 0.3) is 0 Å². The molecule has 0 radical (unpaired) electrons. The van der Waals surface area contributed by atoms with Crippen molar-refractivity contribution in [2.75, 3.05) is 19.4 Å². The quantitative estimate of drug-likeness (QED) is 0.145.